The van der Waals surface area contributed by atoms with E-state index in [0.717, 1.165) is 25.2 Å². The molecule has 1 fully saturated rings. The number of hydrogen-bond acceptors (Lipinski definition) is 3. The molecule has 0 amide bonds. The van der Waals surface area contributed by atoms with Crippen molar-refractivity contribution in [2.75, 3.05) is 19.7 Å². The summed E-state index contributed by atoms with van der Waals surface area (Å²) in [5.74, 6) is -0.211. The molecule has 1 saturated heterocycles. The Morgan fingerprint density at radius 3 is 2.71 bits per heavy atom. The van der Waals surface area contributed by atoms with Gasteiger partial charge in [-0.2, -0.15) is 0 Å². The molecule has 0 bridgehead atoms. The van der Waals surface area contributed by atoms with Gasteiger partial charge in [-0.05, 0) is 24.6 Å². The lowest BCUT2D eigenvalue weighted by Crippen LogP contribution is -2.47. The van der Waals surface area contributed by atoms with Gasteiger partial charge >= 0.3 is 0 Å². The Morgan fingerprint density at radius 2 is 2.06 bits per heavy atom. The van der Waals surface area contributed by atoms with E-state index in [2.05, 4.69) is 4.90 Å². The molecule has 2 unspecified atom stereocenters. The summed E-state index contributed by atoms with van der Waals surface area (Å²) >= 11 is 0. The number of rotatable bonds is 3. The van der Waals surface area contributed by atoms with Gasteiger partial charge in [0.15, 0.2) is 0 Å². The first kappa shape index (κ1) is 12.5. The number of benzene rings is 1. The molecule has 2 atom stereocenters. The van der Waals surface area contributed by atoms with Crippen LogP contribution >= 0.6 is 0 Å². The molecule has 0 saturated carbocycles. The van der Waals surface area contributed by atoms with Crippen molar-refractivity contribution in [2.45, 2.75) is 25.7 Å². The van der Waals surface area contributed by atoms with Crippen LogP contribution in [-0.2, 0) is 11.3 Å². The molecule has 94 valence electrons. The minimum atomic E-state index is -0.211. The van der Waals surface area contributed by atoms with Crippen LogP contribution < -0.4 is 0 Å². The second-order valence-corrected chi connectivity index (χ2v) is 4.57. The maximum absolute atomic E-state index is 12.8. The molecule has 1 aromatic carbocycles. The summed E-state index contributed by atoms with van der Waals surface area (Å²) in [5.41, 5.74) is 1.08. The molecule has 0 aliphatic carbocycles. The highest BCUT2D eigenvalue weighted by molar-refractivity contribution is 5.16. The van der Waals surface area contributed by atoms with Gasteiger partial charge in [0.05, 0.1) is 18.8 Å². The number of morpholine rings is 1. The highest BCUT2D eigenvalue weighted by Gasteiger charge is 2.24. The molecule has 0 spiro atoms. The molecule has 2 rings (SSSR count). The normalized spacial score (nSPS) is 26.1. The zero-order chi connectivity index (χ0) is 12.3. The molecule has 4 heteroatoms. The number of hydrogen-bond donors (Lipinski definition) is 1. The molecule has 1 N–H and O–H groups in total. The van der Waals surface area contributed by atoms with E-state index in [9.17, 15) is 4.39 Å². The highest BCUT2D eigenvalue weighted by atomic mass is 19.1. The average molecular weight is 239 g/mol. The Morgan fingerprint density at radius 1 is 1.35 bits per heavy atom. The van der Waals surface area contributed by atoms with Crippen molar-refractivity contribution in [3.63, 3.8) is 0 Å². The van der Waals surface area contributed by atoms with Crippen LogP contribution in [0.5, 0.6) is 0 Å². The summed E-state index contributed by atoms with van der Waals surface area (Å²) < 4.78 is 18.3. The lowest BCUT2D eigenvalue weighted by Gasteiger charge is -2.36. The van der Waals surface area contributed by atoms with Gasteiger partial charge in [-0.3, -0.25) is 4.90 Å². The van der Waals surface area contributed by atoms with Gasteiger partial charge in [-0.15, -0.1) is 0 Å². The largest absolute Gasteiger partial charge is 0.394 e. The Bertz CT molecular complexity index is 355. The van der Waals surface area contributed by atoms with Crippen LogP contribution in [0.25, 0.3) is 0 Å². The molecule has 1 aromatic rings. The average Bonchev–Trinajstić information content (AvgIpc) is 2.31. The quantitative estimate of drug-likeness (QED) is 0.865. The van der Waals surface area contributed by atoms with E-state index in [1.54, 1.807) is 12.1 Å². The van der Waals surface area contributed by atoms with Crippen molar-refractivity contribution in [1.82, 2.24) is 4.90 Å². The van der Waals surface area contributed by atoms with Gasteiger partial charge in [0.2, 0.25) is 0 Å². The number of nitrogens with zero attached hydrogens (tertiary/aromatic N) is 1. The van der Waals surface area contributed by atoms with Gasteiger partial charge in [0, 0.05) is 19.6 Å². The molecule has 3 nitrogen and oxygen atoms in total. The lowest BCUT2D eigenvalue weighted by atomic mass is 10.1. The first-order valence-corrected chi connectivity index (χ1v) is 5.90. The third-order valence-electron chi connectivity index (χ3n) is 2.92. The van der Waals surface area contributed by atoms with Crippen LogP contribution in [0.2, 0.25) is 0 Å². The van der Waals surface area contributed by atoms with Gasteiger partial charge in [0.1, 0.15) is 5.82 Å². The van der Waals surface area contributed by atoms with E-state index in [1.165, 1.54) is 12.1 Å². The van der Waals surface area contributed by atoms with Gasteiger partial charge < -0.3 is 9.84 Å². The summed E-state index contributed by atoms with van der Waals surface area (Å²) in [5, 5.41) is 9.13. The Labute approximate surface area is 101 Å². The van der Waals surface area contributed by atoms with Gasteiger partial charge in [-0.25, -0.2) is 4.39 Å². The van der Waals surface area contributed by atoms with Crippen LogP contribution in [-0.4, -0.2) is 41.9 Å². The molecular weight excluding hydrogens is 221 g/mol. The molecule has 1 heterocycles. The van der Waals surface area contributed by atoms with E-state index in [0.29, 0.717) is 0 Å². The highest BCUT2D eigenvalue weighted by Crippen LogP contribution is 2.14. The van der Waals surface area contributed by atoms with Crippen LogP contribution in [0.15, 0.2) is 24.3 Å². The molecular formula is C13H18FNO2. The molecule has 0 radical (unpaired) electrons. The van der Waals surface area contributed by atoms with Crippen LogP contribution in [0.1, 0.15) is 12.5 Å². The van der Waals surface area contributed by atoms with E-state index < -0.39 is 0 Å². The minimum Gasteiger partial charge on any atom is -0.394 e. The van der Waals surface area contributed by atoms with Gasteiger partial charge in [-0.1, -0.05) is 12.1 Å². The van der Waals surface area contributed by atoms with Crippen molar-refractivity contribution in [3.8, 4) is 0 Å². The molecule has 1 aliphatic heterocycles. The fraction of sp³-hybridized carbons (Fsp3) is 0.538. The number of halogens is 1. The summed E-state index contributed by atoms with van der Waals surface area (Å²) in [6.07, 6.45) is 0.0144. The van der Waals surface area contributed by atoms with E-state index in [-0.39, 0.29) is 24.6 Å². The first-order chi connectivity index (χ1) is 8.17. The zero-order valence-electron chi connectivity index (χ0n) is 9.97. The van der Waals surface area contributed by atoms with E-state index in [1.807, 2.05) is 6.92 Å². The number of ether oxygens (including phenoxy) is 1. The minimum absolute atomic E-state index is 0.0459. The van der Waals surface area contributed by atoms with E-state index >= 15 is 0 Å². The molecule has 17 heavy (non-hydrogen) atoms. The van der Waals surface area contributed by atoms with E-state index in [4.69, 9.17) is 9.84 Å². The van der Waals surface area contributed by atoms with Crippen LogP contribution in [0.3, 0.4) is 0 Å². The van der Waals surface area contributed by atoms with Crippen molar-refractivity contribution in [1.29, 1.82) is 0 Å². The second-order valence-electron chi connectivity index (χ2n) is 4.57. The Balaban J connectivity index is 1.95. The zero-order valence-corrected chi connectivity index (χ0v) is 9.97. The topological polar surface area (TPSA) is 32.7 Å². The summed E-state index contributed by atoms with van der Waals surface area (Å²) in [4.78, 5) is 2.22. The van der Waals surface area contributed by atoms with Crippen molar-refractivity contribution >= 4 is 0 Å². The first-order valence-electron chi connectivity index (χ1n) is 5.90. The van der Waals surface area contributed by atoms with Crippen LogP contribution in [0.4, 0.5) is 4.39 Å². The number of aliphatic hydroxyl groups excluding tert-OH is 1. The van der Waals surface area contributed by atoms with Crippen molar-refractivity contribution < 1.29 is 14.2 Å². The second kappa shape index (κ2) is 5.58. The SMILES string of the molecule is CC1CN(Cc2ccc(F)cc2)CC(CO)O1. The summed E-state index contributed by atoms with van der Waals surface area (Å²) in [6, 6.07) is 6.54. The van der Waals surface area contributed by atoms with Crippen molar-refractivity contribution in [3.05, 3.63) is 35.6 Å². The monoisotopic (exact) mass is 239 g/mol. The smallest absolute Gasteiger partial charge is 0.123 e. The standard InChI is InChI=1S/C13H18FNO2/c1-10-6-15(8-13(9-16)17-10)7-11-2-4-12(14)5-3-11/h2-5,10,13,16H,6-9H2,1H3. The predicted octanol–water partition coefficient (Wildman–Crippen LogP) is 1.41. The third-order valence-corrected chi connectivity index (χ3v) is 2.92. The molecule has 0 aromatic heterocycles. The third kappa shape index (κ3) is 3.49. The maximum atomic E-state index is 12.8. The fourth-order valence-electron chi connectivity index (χ4n) is 2.22. The predicted molar refractivity (Wildman–Crippen MR) is 63.1 cm³/mol. The summed E-state index contributed by atoms with van der Waals surface area (Å²) in [6.45, 7) is 4.38. The van der Waals surface area contributed by atoms with Crippen LogP contribution in [0, 0.1) is 5.82 Å². The Hall–Kier alpha value is -0.970. The van der Waals surface area contributed by atoms with Crippen molar-refractivity contribution in [2.24, 2.45) is 0 Å². The summed E-state index contributed by atoms with van der Waals surface area (Å²) in [7, 11) is 0. The Kier molecular flexibility index (Phi) is 4.10. The lowest BCUT2D eigenvalue weighted by molar-refractivity contribution is -0.0972. The number of aliphatic hydroxyl groups is 1. The fourth-order valence-corrected chi connectivity index (χ4v) is 2.22. The maximum Gasteiger partial charge on any atom is 0.123 e. The molecule has 1 aliphatic rings. The van der Waals surface area contributed by atoms with Gasteiger partial charge in [0.25, 0.3) is 0 Å².